The van der Waals surface area contributed by atoms with Crippen LogP contribution in [0.1, 0.15) is 87.0 Å². The van der Waals surface area contributed by atoms with Gasteiger partial charge in [-0.15, -0.1) is 0 Å². The number of anilines is 1. The molecule has 7 nitrogen and oxygen atoms in total. The third-order valence-electron chi connectivity index (χ3n) is 7.77. The fraction of sp³-hybridized carbons (Fsp3) is 0.571. The highest BCUT2D eigenvalue weighted by Gasteiger charge is 2.50. The van der Waals surface area contributed by atoms with Crippen LogP contribution in [0.15, 0.2) is 34.9 Å². The molecule has 3 aromatic rings. The van der Waals surface area contributed by atoms with Crippen molar-refractivity contribution in [1.82, 2.24) is 19.9 Å². The smallest absolute Gasteiger partial charge is 0.249 e. The lowest BCUT2D eigenvalue weighted by atomic mass is 9.80. The number of aryl methyl sites for hydroxylation is 2. The fourth-order valence-corrected chi connectivity index (χ4v) is 5.24. The van der Waals surface area contributed by atoms with Crippen LogP contribution >= 0.6 is 0 Å². The van der Waals surface area contributed by atoms with E-state index in [1.807, 2.05) is 36.0 Å². The van der Waals surface area contributed by atoms with E-state index in [2.05, 4.69) is 16.2 Å². The molecule has 2 heterocycles. The Balaban J connectivity index is 1.12. The van der Waals surface area contributed by atoms with Gasteiger partial charge >= 0.3 is 0 Å². The number of alkyl halides is 2. The van der Waals surface area contributed by atoms with Crippen molar-refractivity contribution in [2.75, 3.05) is 11.4 Å². The van der Waals surface area contributed by atoms with E-state index < -0.39 is 11.8 Å². The summed E-state index contributed by atoms with van der Waals surface area (Å²) >= 11 is 0. The van der Waals surface area contributed by atoms with Gasteiger partial charge in [0.05, 0.1) is 5.69 Å². The molecule has 6 rings (SSSR count). The van der Waals surface area contributed by atoms with Gasteiger partial charge in [-0.1, -0.05) is 23.7 Å². The maximum Gasteiger partial charge on any atom is 0.249 e. The highest BCUT2D eigenvalue weighted by Crippen LogP contribution is 2.44. The van der Waals surface area contributed by atoms with E-state index >= 15 is 0 Å². The van der Waals surface area contributed by atoms with Crippen LogP contribution in [0.3, 0.4) is 0 Å². The Morgan fingerprint density at radius 1 is 1.11 bits per heavy atom. The largest absolute Gasteiger partial charge is 0.339 e. The first kappa shape index (κ1) is 24.2. The topological polar surface area (TPSA) is 77.1 Å². The van der Waals surface area contributed by atoms with Crippen molar-refractivity contribution in [2.24, 2.45) is 13.0 Å². The third-order valence-corrected chi connectivity index (χ3v) is 7.77. The van der Waals surface area contributed by atoms with Crippen molar-refractivity contribution in [3.05, 3.63) is 47.7 Å². The second-order valence-electron chi connectivity index (χ2n) is 11.0. The number of carbonyl (C=O) groups excluding carboxylic acids is 1. The number of unbranched alkanes of at least 4 members (excludes halogenated alkanes) is 2. The molecule has 3 fully saturated rings. The first-order valence-electron chi connectivity index (χ1n) is 13.5. The average molecular weight is 510 g/mol. The molecule has 0 radical (unpaired) electrons. The zero-order valence-electron chi connectivity index (χ0n) is 21.2. The molecule has 0 saturated heterocycles. The van der Waals surface area contributed by atoms with Gasteiger partial charge in [0.15, 0.2) is 5.82 Å². The number of aromatic nitrogens is 4. The molecule has 0 unspecified atom stereocenters. The zero-order valence-corrected chi connectivity index (χ0v) is 21.2. The van der Waals surface area contributed by atoms with Crippen LogP contribution in [0, 0.1) is 5.92 Å². The molecule has 0 bridgehead atoms. The highest BCUT2D eigenvalue weighted by molar-refractivity contribution is 5.96. The first-order chi connectivity index (χ1) is 17.9. The molecule has 0 aliphatic heterocycles. The summed E-state index contributed by atoms with van der Waals surface area (Å²) in [5.41, 5.74) is 3.77. The molecule has 2 aromatic heterocycles. The Hall–Kier alpha value is -3.10. The standard InChI is InChI=1S/C28H33F2N5O2/c1-34-24(18-9-10-18)15-23(32-34)20-6-5-7-22(14-20)35(27(36)21-16-28(29,30)17-21)13-4-2-3-8-25-31-26(33-37-25)19-11-12-19/h5-7,14-15,18-19,21H,2-4,8-13,16-17H2,1H3. The number of hydrogen-bond acceptors (Lipinski definition) is 5. The van der Waals surface area contributed by atoms with E-state index in [1.165, 1.54) is 18.5 Å². The van der Waals surface area contributed by atoms with Crippen LogP contribution in [0.25, 0.3) is 11.3 Å². The van der Waals surface area contributed by atoms with E-state index in [0.717, 1.165) is 54.9 Å². The highest BCUT2D eigenvalue weighted by atomic mass is 19.3. The third kappa shape index (κ3) is 5.45. The Morgan fingerprint density at radius 3 is 2.62 bits per heavy atom. The minimum Gasteiger partial charge on any atom is -0.339 e. The lowest BCUT2D eigenvalue weighted by Crippen LogP contribution is -2.47. The molecule has 0 N–H and O–H groups in total. The Labute approximate surface area is 215 Å². The summed E-state index contributed by atoms with van der Waals surface area (Å²) < 4.78 is 34.5. The van der Waals surface area contributed by atoms with Crippen LogP contribution in [-0.4, -0.2) is 38.3 Å². The SMILES string of the molecule is Cn1nc(-c2cccc(N(CCCCCc3nc(C4CC4)no3)C(=O)C3CC(F)(F)C3)c2)cc1C1CC1. The van der Waals surface area contributed by atoms with E-state index in [4.69, 9.17) is 9.62 Å². The summed E-state index contributed by atoms with van der Waals surface area (Å²) in [7, 11) is 1.97. The van der Waals surface area contributed by atoms with E-state index in [9.17, 15) is 13.6 Å². The molecule has 0 atom stereocenters. The van der Waals surface area contributed by atoms with Crippen molar-refractivity contribution in [2.45, 2.75) is 82.0 Å². The lowest BCUT2D eigenvalue weighted by Gasteiger charge is -2.37. The molecule has 1 aromatic carbocycles. The van der Waals surface area contributed by atoms with Gasteiger partial charge in [-0.3, -0.25) is 9.48 Å². The predicted molar refractivity (Wildman–Crippen MR) is 134 cm³/mol. The molecule has 3 saturated carbocycles. The van der Waals surface area contributed by atoms with Gasteiger partial charge in [0.2, 0.25) is 17.7 Å². The molecular formula is C28H33F2N5O2. The van der Waals surface area contributed by atoms with E-state index in [-0.39, 0.29) is 18.7 Å². The van der Waals surface area contributed by atoms with Gasteiger partial charge in [0.25, 0.3) is 0 Å². The number of nitrogens with zero attached hydrogens (tertiary/aromatic N) is 5. The Kier molecular flexibility index (Phi) is 6.32. The predicted octanol–water partition coefficient (Wildman–Crippen LogP) is 6.02. The quantitative estimate of drug-likeness (QED) is 0.296. The summed E-state index contributed by atoms with van der Waals surface area (Å²) in [6.45, 7) is 0.483. The van der Waals surface area contributed by atoms with Crippen LogP contribution in [-0.2, 0) is 18.3 Å². The average Bonchev–Trinajstić information content (AvgIpc) is 3.80. The van der Waals surface area contributed by atoms with Crippen molar-refractivity contribution >= 4 is 11.6 Å². The number of carbonyl (C=O) groups is 1. The van der Waals surface area contributed by atoms with Crippen molar-refractivity contribution in [3.8, 4) is 11.3 Å². The van der Waals surface area contributed by atoms with Crippen molar-refractivity contribution in [3.63, 3.8) is 0 Å². The van der Waals surface area contributed by atoms with Crippen molar-refractivity contribution < 1.29 is 18.1 Å². The molecule has 196 valence electrons. The Bertz CT molecular complexity index is 1270. The van der Waals surface area contributed by atoms with Gasteiger partial charge in [0.1, 0.15) is 0 Å². The summed E-state index contributed by atoms with van der Waals surface area (Å²) in [6.07, 6.45) is 7.14. The number of hydrogen-bond donors (Lipinski definition) is 0. The van der Waals surface area contributed by atoms with E-state index in [0.29, 0.717) is 30.7 Å². The maximum atomic E-state index is 13.6. The minimum absolute atomic E-state index is 0.214. The molecule has 0 spiro atoms. The molecule has 1 amide bonds. The second kappa shape index (κ2) is 9.65. The van der Waals surface area contributed by atoms with Gasteiger partial charge in [-0.25, -0.2) is 8.78 Å². The maximum absolute atomic E-state index is 13.6. The van der Waals surface area contributed by atoms with E-state index in [1.54, 1.807) is 4.90 Å². The number of benzene rings is 1. The number of halogens is 2. The summed E-state index contributed by atoms with van der Waals surface area (Å²) in [5.74, 6) is -1.03. The van der Waals surface area contributed by atoms with Gasteiger partial charge in [-0.05, 0) is 56.7 Å². The minimum atomic E-state index is -2.73. The summed E-state index contributed by atoms with van der Waals surface area (Å²) in [4.78, 5) is 19.5. The van der Waals surface area contributed by atoms with Gasteiger partial charge < -0.3 is 9.42 Å². The van der Waals surface area contributed by atoms with Crippen LogP contribution in [0.2, 0.25) is 0 Å². The molecule has 9 heteroatoms. The fourth-order valence-electron chi connectivity index (χ4n) is 5.24. The Morgan fingerprint density at radius 2 is 1.89 bits per heavy atom. The summed E-state index contributed by atoms with van der Waals surface area (Å²) in [5, 5.41) is 8.76. The number of rotatable bonds is 11. The lowest BCUT2D eigenvalue weighted by molar-refractivity contribution is -0.147. The monoisotopic (exact) mass is 509 g/mol. The normalized spacial score (nSPS) is 19.1. The molecular weight excluding hydrogens is 476 g/mol. The van der Waals surface area contributed by atoms with Gasteiger partial charge in [0, 0.05) is 67.6 Å². The van der Waals surface area contributed by atoms with Crippen molar-refractivity contribution in [1.29, 1.82) is 0 Å². The molecule has 37 heavy (non-hydrogen) atoms. The number of amides is 1. The van der Waals surface area contributed by atoms with Gasteiger partial charge in [-0.2, -0.15) is 10.1 Å². The summed E-state index contributed by atoms with van der Waals surface area (Å²) in [6, 6.07) is 9.88. The van der Waals surface area contributed by atoms with Crippen LogP contribution < -0.4 is 4.90 Å². The molecule has 3 aliphatic rings. The zero-order chi connectivity index (χ0) is 25.6. The van der Waals surface area contributed by atoms with Crippen LogP contribution in [0.5, 0.6) is 0 Å². The first-order valence-corrected chi connectivity index (χ1v) is 13.5. The second-order valence-corrected chi connectivity index (χ2v) is 11.0. The van der Waals surface area contributed by atoms with Crippen LogP contribution in [0.4, 0.5) is 14.5 Å². The molecule has 3 aliphatic carbocycles.